The minimum atomic E-state index is -1.30. The van der Waals surface area contributed by atoms with Gasteiger partial charge in [0.2, 0.25) is 0 Å². The standard InChI is InChI=1S/C33H38N2O7/c1-5-40-29(30(37)35-27(21-41-32(35)39)19-22-10-7-6-8-11-22)28(36)25-16-14-24(15-17-25)26-13-9-12-23(18-26)20-34-31(38)42-33(2,3)4/h6-18,27-29,36H,5,19-21H2,1-4H3,(H,34,38)/t27-,28+,29-/m0/s1. The molecule has 0 unspecified atom stereocenters. The molecular formula is C33H38N2O7. The third-order valence-corrected chi connectivity index (χ3v) is 6.74. The molecule has 4 rings (SSSR count). The normalized spacial score (nSPS) is 16.5. The van der Waals surface area contributed by atoms with E-state index < -0.39 is 41.9 Å². The highest BCUT2D eigenvalue weighted by atomic mass is 16.6. The molecule has 3 aromatic rings. The first-order valence-corrected chi connectivity index (χ1v) is 14.0. The van der Waals surface area contributed by atoms with E-state index in [0.29, 0.717) is 18.5 Å². The van der Waals surface area contributed by atoms with Gasteiger partial charge in [0, 0.05) is 13.2 Å². The third-order valence-electron chi connectivity index (χ3n) is 6.74. The van der Waals surface area contributed by atoms with Gasteiger partial charge in [-0.3, -0.25) is 4.79 Å². The van der Waals surface area contributed by atoms with Crippen molar-refractivity contribution in [3.05, 3.63) is 95.6 Å². The molecule has 222 valence electrons. The van der Waals surface area contributed by atoms with E-state index in [4.69, 9.17) is 14.2 Å². The predicted molar refractivity (Wildman–Crippen MR) is 157 cm³/mol. The molecule has 0 bridgehead atoms. The minimum absolute atomic E-state index is 0.0788. The van der Waals surface area contributed by atoms with E-state index in [-0.39, 0.29) is 13.2 Å². The van der Waals surface area contributed by atoms with E-state index in [2.05, 4.69) is 5.32 Å². The predicted octanol–water partition coefficient (Wildman–Crippen LogP) is 5.41. The summed E-state index contributed by atoms with van der Waals surface area (Å²) in [4.78, 5) is 39.2. The molecule has 1 aliphatic rings. The fraction of sp³-hybridized carbons (Fsp3) is 0.364. The third kappa shape index (κ3) is 7.96. The SMILES string of the molecule is CCO[C@H](C(=O)N1C(=O)OC[C@@H]1Cc1ccccc1)[C@H](O)c1ccc(-c2cccc(CNC(=O)OC(C)(C)C)c2)cc1. The van der Waals surface area contributed by atoms with Crippen molar-refractivity contribution in [1.29, 1.82) is 0 Å². The molecule has 3 atom stereocenters. The Hall–Kier alpha value is -4.21. The van der Waals surface area contributed by atoms with Crippen molar-refractivity contribution in [2.75, 3.05) is 13.2 Å². The summed E-state index contributed by atoms with van der Waals surface area (Å²) in [6, 6.07) is 23.9. The first kappa shape index (κ1) is 30.7. The van der Waals surface area contributed by atoms with Crippen molar-refractivity contribution in [2.24, 2.45) is 0 Å². The molecule has 0 spiro atoms. The smallest absolute Gasteiger partial charge is 0.417 e. The van der Waals surface area contributed by atoms with Crippen molar-refractivity contribution in [1.82, 2.24) is 10.2 Å². The summed E-state index contributed by atoms with van der Waals surface area (Å²) in [6.45, 7) is 7.71. The van der Waals surface area contributed by atoms with Gasteiger partial charge >= 0.3 is 12.2 Å². The van der Waals surface area contributed by atoms with E-state index in [1.165, 1.54) is 0 Å². The molecule has 1 heterocycles. The van der Waals surface area contributed by atoms with E-state index in [9.17, 15) is 19.5 Å². The van der Waals surface area contributed by atoms with Gasteiger partial charge in [-0.2, -0.15) is 0 Å². The number of nitrogens with zero attached hydrogens (tertiary/aromatic N) is 1. The van der Waals surface area contributed by atoms with Crippen LogP contribution in [0.4, 0.5) is 9.59 Å². The highest BCUT2D eigenvalue weighted by molar-refractivity contribution is 5.96. The van der Waals surface area contributed by atoms with Crippen LogP contribution in [0.2, 0.25) is 0 Å². The Bertz CT molecular complexity index is 1370. The van der Waals surface area contributed by atoms with E-state index in [0.717, 1.165) is 27.2 Å². The molecule has 3 aromatic carbocycles. The van der Waals surface area contributed by atoms with Gasteiger partial charge in [0.25, 0.3) is 5.91 Å². The second-order valence-electron chi connectivity index (χ2n) is 11.1. The van der Waals surface area contributed by atoms with Crippen molar-refractivity contribution in [3.63, 3.8) is 0 Å². The zero-order chi connectivity index (χ0) is 30.3. The number of rotatable bonds is 10. The van der Waals surface area contributed by atoms with Crippen LogP contribution < -0.4 is 5.32 Å². The summed E-state index contributed by atoms with van der Waals surface area (Å²) < 4.78 is 16.2. The number of nitrogens with one attached hydrogen (secondary N) is 1. The van der Waals surface area contributed by atoms with Crippen molar-refractivity contribution in [3.8, 4) is 11.1 Å². The van der Waals surface area contributed by atoms with Gasteiger partial charge in [-0.1, -0.05) is 72.8 Å². The first-order chi connectivity index (χ1) is 20.1. The molecule has 1 fully saturated rings. The summed E-state index contributed by atoms with van der Waals surface area (Å²) in [5, 5.41) is 14.0. The zero-order valence-electron chi connectivity index (χ0n) is 24.4. The molecule has 0 saturated carbocycles. The van der Waals surface area contributed by atoms with Crippen LogP contribution >= 0.6 is 0 Å². The number of amides is 3. The quantitative estimate of drug-likeness (QED) is 0.333. The Morgan fingerprint density at radius 2 is 1.69 bits per heavy atom. The lowest BCUT2D eigenvalue weighted by molar-refractivity contribution is -0.149. The van der Waals surface area contributed by atoms with Crippen LogP contribution in [0.3, 0.4) is 0 Å². The highest BCUT2D eigenvalue weighted by Gasteiger charge is 2.43. The summed E-state index contributed by atoms with van der Waals surface area (Å²) in [5.41, 5.74) is 3.56. The van der Waals surface area contributed by atoms with Crippen molar-refractivity contribution < 1.29 is 33.7 Å². The topological polar surface area (TPSA) is 114 Å². The molecule has 9 heteroatoms. The fourth-order valence-electron chi connectivity index (χ4n) is 4.78. The number of alkyl carbamates (subject to hydrolysis) is 1. The van der Waals surface area contributed by atoms with Crippen molar-refractivity contribution >= 4 is 18.1 Å². The molecule has 0 aliphatic carbocycles. The van der Waals surface area contributed by atoms with Gasteiger partial charge in [-0.05, 0) is 68.0 Å². The van der Waals surface area contributed by atoms with E-state index in [1.807, 2.05) is 87.5 Å². The van der Waals surface area contributed by atoms with Gasteiger partial charge in [0.15, 0.2) is 6.10 Å². The van der Waals surface area contributed by atoms with Crippen LogP contribution in [0.1, 0.15) is 50.5 Å². The Labute approximate surface area is 246 Å². The van der Waals surface area contributed by atoms with Crippen LogP contribution in [0.15, 0.2) is 78.9 Å². The Morgan fingerprint density at radius 1 is 1.00 bits per heavy atom. The van der Waals surface area contributed by atoms with Gasteiger partial charge in [0.05, 0.1) is 6.04 Å². The Kier molecular flexibility index (Phi) is 9.98. The van der Waals surface area contributed by atoms with Crippen LogP contribution in [-0.4, -0.2) is 59.1 Å². The maximum atomic E-state index is 13.6. The number of carbonyl (C=O) groups excluding carboxylic acids is 3. The van der Waals surface area contributed by atoms with E-state index in [1.54, 1.807) is 19.1 Å². The lowest BCUT2D eigenvalue weighted by Gasteiger charge is -2.28. The Balaban J connectivity index is 1.46. The number of ether oxygens (including phenoxy) is 3. The summed E-state index contributed by atoms with van der Waals surface area (Å²) in [7, 11) is 0. The lowest BCUT2D eigenvalue weighted by Crippen LogP contribution is -2.48. The van der Waals surface area contributed by atoms with Crippen LogP contribution in [0.5, 0.6) is 0 Å². The lowest BCUT2D eigenvalue weighted by atomic mass is 9.97. The van der Waals surface area contributed by atoms with Gasteiger partial charge in [0.1, 0.15) is 18.3 Å². The second kappa shape index (κ2) is 13.6. The highest BCUT2D eigenvalue weighted by Crippen LogP contribution is 2.28. The minimum Gasteiger partial charge on any atom is -0.447 e. The molecule has 0 radical (unpaired) electrons. The number of aliphatic hydroxyl groups excluding tert-OH is 1. The maximum absolute atomic E-state index is 13.6. The van der Waals surface area contributed by atoms with Crippen LogP contribution in [0, 0.1) is 0 Å². The largest absolute Gasteiger partial charge is 0.447 e. The zero-order valence-corrected chi connectivity index (χ0v) is 24.4. The summed E-state index contributed by atoms with van der Waals surface area (Å²) in [5.74, 6) is -0.637. The summed E-state index contributed by atoms with van der Waals surface area (Å²) >= 11 is 0. The number of cyclic esters (lactones) is 1. The fourth-order valence-corrected chi connectivity index (χ4v) is 4.78. The molecule has 9 nitrogen and oxygen atoms in total. The number of imide groups is 1. The molecule has 3 amide bonds. The second-order valence-corrected chi connectivity index (χ2v) is 11.1. The molecule has 2 N–H and O–H groups in total. The van der Waals surface area contributed by atoms with Gasteiger partial charge in [-0.25, -0.2) is 14.5 Å². The van der Waals surface area contributed by atoms with E-state index >= 15 is 0 Å². The number of hydrogen-bond donors (Lipinski definition) is 2. The Morgan fingerprint density at radius 3 is 2.36 bits per heavy atom. The average Bonchev–Trinajstić information content (AvgIpc) is 3.33. The molecule has 1 aliphatic heterocycles. The summed E-state index contributed by atoms with van der Waals surface area (Å²) in [6.07, 6.45) is -3.38. The first-order valence-electron chi connectivity index (χ1n) is 14.0. The molecular weight excluding hydrogens is 536 g/mol. The average molecular weight is 575 g/mol. The van der Waals surface area contributed by atoms with Gasteiger partial charge in [-0.15, -0.1) is 0 Å². The van der Waals surface area contributed by atoms with Crippen LogP contribution in [0.25, 0.3) is 11.1 Å². The molecule has 1 saturated heterocycles. The number of benzene rings is 3. The van der Waals surface area contributed by atoms with Crippen molar-refractivity contribution in [2.45, 2.75) is 64.5 Å². The monoisotopic (exact) mass is 574 g/mol. The number of hydrogen-bond acceptors (Lipinski definition) is 7. The molecule has 0 aromatic heterocycles. The molecule has 42 heavy (non-hydrogen) atoms. The number of aliphatic hydroxyl groups is 1. The number of carbonyl (C=O) groups is 3. The maximum Gasteiger partial charge on any atom is 0.417 e. The van der Waals surface area contributed by atoms with Crippen LogP contribution in [-0.2, 0) is 32.0 Å². The van der Waals surface area contributed by atoms with Gasteiger partial charge < -0.3 is 24.6 Å².